The van der Waals surface area contributed by atoms with Crippen LogP contribution in [0.5, 0.6) is 5.75 Å². The van der Waals surface area contributed by atoms with Crippen LogP contribution in [0.4, 0.5) is 0 Å². The van der Waals surface area contributed by atoms with E-state index in [0.29, 0.717) is 51.6 Å². The number of nitrogens with zero attached hydrogens (tertiary/aromatic N) is 4. The van der Waals surface area contributed by atoms with Crippen LogP contribution in [0.1, 0.15) is 25.3 Å². The molecule has 0 amide bonds. The summed E-state index contributed by atoms with van der Waals surface area (Å²) in [5.41, 5.74) is 0.985. The summed E-state index contributed by atoms with van der Waals surface area (Å²) in [4.78, 5) is 56.7. The molecule has 2 rings (SSSR count). The molecule has 0 spiro atoms. The summed E-state index contributed by atoms with van der Waals surface area (Å²) < 4.78 is 26.2. The van der Waals surface area contributed by atoms with Gasteiger partial charge in [0.1, 0.15) is 36.5 Å². The van der Waals surface area contributed by atoms with E-state index in [4.69, 9.17) is 23.7 Å². The van der Waals surface area contributed by atoms with Crippen LogP contribution in [-0.2, 0) is 44.5 Å². The zero-order chi connectivity index (χ0) is 39.9. The number of hydrogen-bond acceptors (Lipinski definition) is 16. The summed E-state index contributed by atoms with van der Waals surface area (Å²) >= 11 is 0. The van der Waals surface area contributed by atoms with Crippen LogP contribution in [0.15, 0.2) is 24.3 Å². The highest BCUT2D eigenvalue weighted by Gasteiger charge is 2.34. The number of carboxylic acid groups (broad SMARTS) is 2. The SMILES string of the molecule is CCOCCOCCOc1ccc(CCC[C@@H](C(=O)O)N2CCN(C(CO)C(=O)OC)CCN(C(CO)C(=O)OC)CCN([C@@H](CO)C(=O)O)CC2)cc1. The lowest BCUT2D eigenvalue weighted by Crippen LogP contribution is -2.57. The van der Waals surface area contributed by atoms with Crippen molar-refractivity contribution >= 4 is 23.9 Å². The minimum atomic E-state index is -1.32. The van der Waals surface area contributed by atoms with E-state index in [2.05, 4.69) is 0 Å². The van der Waals surface area contributed by atoms with E-state index in [1.807, 2.05) is 31.2 Å². The highest BCUT2D eigenvalue weighted by Crippen LogP contribution is 2.18. The average Bonchev–Trinajstić information content (AvgIpc) is 3.16. The predicted octanol–water partition coefficient (Wildman–Crippen LogP) is -1.37. The molecule has 18 heteroatoms. The number of methoxy groups -OCH3 is 2. The van der Waals surface area contributed by atoms with Crippen molar-refractivity contribution in [2.45, 2.75) is 50.4 Å². The fourth-order valence-electron chi connectivity index (χ4n) is 6.32. The van der Waals surface area contributed by atoms with E-state index in [1.165, 1.54) is 19.1 Å². The Hall–Kier alpha value is -3.46. The van der Waals surface area contributed by atoms with Crippen molar-refractivity contribution in [3.63, 3.8) is 0 Å². The summed E-state index contributed by atoms with van der Waals surface area (Å²) in [5.74, 6) is -3.10. The minimum absolute atomic E-state index is 0.0255. The summed E-state index contributed by atoms with van der Waals surface area (Å²) in [5, 5.41) is 50.7. The molecule has 1 heterocycles. The highest BCUT2D eigenvalue weighted by atomic mass is 16.5. The molecule has 0 bridgehead atoms. The van der Waals surface area contributed by atoms with Crippen LogP contribution in [-0.4, -0.2) is 213 Å². The minimum Gasteiger partial charge on any atom is -0.491 e. The maximum absolute atomic E-state index is 12.8. The van der Waals surface area contributed by atoms with Gasteiger partial charge in [-0.3, -0.25) is 38.8 Å². The van der Waals surface area contributed by atoms with Gasteiger partial charge in [0.2, 0.25) is 0 Å². The third-order valence-corrected chi connectivity index (χ3v) is 9.44. The molecule has 2 unspecified atom stereocenters. The fraction of sp³-hybridized carbons (Fsp3) is 0.722. The Balaban J connectivity index is 2.27. The Morgan fingerprint density at radius 3 is 1.43 bits per heavy atom. The number of esters is 2. The molecule has 18 nitrogen and oxygen atoms in total. The van der Waals surface area contributed by atoms with Gasteiger partial charge in [0.15, 0.2) is 0 Å². The first kappa shape index (κ1) is 46.7. The first-order valence-electron chi connectivity index (χ1n) is 18.3. The summed E-state index contributed by atoms with van der Waals surface area (Å²) in [6.45, 7) is 3.05. The summed E-state index contributed by atoms with van der Waals surface area (Å²) in [7, 11) is 2.37. The number of ether oxygens (including phenoxy) is 5. The second-order valence-electron chi connectivity index (χ2n) is 12.7. The Kier molecular flexibility index (Phi) is 22.8. The number of aliphatic carboxylic acids is 2. The molecule has 0 aliphatic carbocycles. The standard InChI is InChI=1S/C36H60N4O14/c1-4-52-20-21-53-22-23-54-28-10-8-27(9-11-28)6-5-7-29(33(44)45)37-12-14-38(30(24-41)34(46)47)15-17-40(32(26-43)36(49)51-3)19-18-39(16-13-37)31(25-42)35(48)50-2/h8-11,29-32,41-43H,4-7,12-26H2,1-3H3,(H,44,45)(H,46,47)/t29-,30-,31?,32?/m0/s1. The molecule has 4 atom stereocenters. The van der Waals surface area contributed by atoms with Crippen molar-refractivity contribution in [2.24, 2.45) is 0 Å². The number of aliphatic hydroxyl groups is 3. The van der Waals surface area contributed by atoms with Gasteiger partial charge < -0.3 is 49.2 Å². The van der Waals surface area contributed by atoms with Gasteiger partial charge in [-0.15, -0.1) is 0 Å². The van der Waals surface area contributed by atoms with E-state index < -0.39 is 67.9 Å². The van der Waals surface area contributed by atoms with Crippen molar-refractivity contribution < 1.29 is 68.4 Å². The predicted molar refractivity (Wildman–Crippen MR) is 194 cm³/mol. The van der Waals surface area contributed by atoms with Gasteiger partial charge in [-0.05, 0) is 43.9 Å². The van der Waals surface area contributed by atoms with Crippen molar-refractivity contribution in [1.82, 2.24) is 19.6 Å². The monoisotopic (exact) mass is 772 g/mol. The number of hydrogen-bond donors (Lipinski definition) is 5. The Bertz CT molecular complexity index is 1240. The number of benzene rings is 1. The molecular formula is C36H60N4O14. The summed E-state index contributed by atoms with van der Waals surface area (Å²) in [6, 6.07) is 3.01. The van der Waals surface area contributed by atoms with Crippen LogP contribution >= 0.6 is 0 Å². The third kappa shape index (κ3) is 15.7. The number of carbonyl (C=O) groups is 4. The van der Waals surface area contributed by atoms with Gasteiger partial charge >= 0.3 is 23.9 Å². The molecule has 1 aliphatic heterocycles. The van der Waals surface area contributed by atoms with Crippen molar-refractivity contribution in [2.75, 3.05) is 119 Å². The number of carboxylic acids is 2. The maximum Gasteiger partial charge on any atom is 0.325 e. The smallest absolute Gasteiger partial charge is 0.325 e. The molecular weight excluding hydrogens is 712 g/mol. The van der Waals surface area contributed by atoms with Crippen molar-refractivity contribution in [3.05, 3.63) is 29.8 Å². The van der Waals surface area contributed by atoms with E-state index in [1.54, 1.807) is 14.7 Å². The maximum atomic E-state index is 12.8. The Labute approximate surface area is 317 Å². The van der Waals surface area contributed by atoms with E-state index in [-0.39, 0.29) is 58.8 Å². The van der Waals surface area contributed by atoms with E-state index in [0.717, 1.165) is 5.56 Å². The molecule has 54 heavy (non-hydrogen) atoms. The Morgan fingerprint density at radius 1 is 0.611 bits per heavy atom. The van der Waals surface area contributed by atoms with E-state index >= 15 is 0 Å². The molecule has 1 aromatic rings. The molecule has 0 aromatic heterocycles. The molecule has 1 fully saturated rings. The lowest BCUT2D eigenvalue weighted by molar-refractivity contribution is -0.152. The average molecular weight is 773 g/mol. The quantitative estimate of drug-likeness (QED) is 0.0639. The molecule has 5 N–H and O–H groups in total. The first-order valence-corrected chi connectivity index (χ1v) is 18.3. The zero-order valence-electron chi connectivity index (χ0n) is 31.8. The fourth-order valence-corrected chi connectivity index (χ4v) is 6.32. The number of rotatable bonds is 23. The molecule has 1 aromatic carbocycles. The highest BCUT2D eigenvalue weighted by molar-refractivity contribution is 5.76. The molecule has 1 aliphatic rings. The van der Waals surface area contributed by atoms with Gasteiger partial charge in [0, 0.05) is 59.0 Å². The lowest BCUT2D eigenvalue weighted by Gasteiger charge is -2.39. The molecule has 308 valence electrons. The number of carbonyl (C=O) groups excluding carboxylic acids is 2. The van der Waals surface area contributed by atoms with Crippen LogP contribution in [0.25, 0.3) is 0 Å². The van der Waals surface area contributed by atoms with Crippen molar-refractivity contribution in [3.8, 4) is 5.75 Å². The normalized spacial score (nSPS) is 18.0. The first-order chi connectivity index (χ1) is 26.0. The van der Waals surface area contributed by atoms with Crippen LogP contribution in [0.3, 0.4) is 0 Å². The number of aryl methyl sites for hydroxylation is 1. The van der Waals surface area contributed by atoms with Gasteiger partial charge in [0.05, 0.1) is 53.9 Å². The lowest BCUT2D eigenvalue weighted by atomic mass is 10.0. The number of aliphatic hydroxyl groups excluding tert-OH is 3. The molecule has 0 saturated carbocycles. The van der Waals surface area contributed by atoms with Gasteiger partial charge in [-0.1, -0.05) is 12.1 Å². The van der Waals surface area contributed by atoms with Crippen LogP contribution in [0, 0.1) is 0 Å². The molecule has 1 saturated heterocycles. The molecule has 0 radical (unpaired) electrons. The largest absolute Gasteiger partial charge is 0.491 e. The van der Waals surface area contributed by atoms with Gasteiger partial charge in [-0.2, -0.15) is 0 Å². The van der Waals surface area contributed by atoms with Gasteiger partial charge in [-0.25, -0.2) is 0 Å². The van der Waals surface area contributed by atoms with Gasteiger partial charge in [0.25, 0.3) is 0 Å². The third-order valence-electron chi connectivity index (χ3n) is 9.44. The Morgan fingerprint density at radius 2 is 1.02 bits per heavy atom. The summed E-state index contributed by atoms with van der Waals surface area (Å²) in [6.07, 6.45) is 1.34. The van der Waals surface area contributed by atoms with Crippen LogP contribution < -0.4 is 4.74 Å². The second-order valence-corrected chi connectivity index (χ2v) is 12.7. The van der Waals surface area contributed by atoms with E-state index in [9.17, 15) is 44.7 Å². The second kappa shape index (κ2) is 26.4. The topological polar surface area (TPSA) is 229 Å². The van der Waals surface area contributed by atoms with Crippen LogP contribution in [0.2, 0.25) is 0 Å². The van der Waals surface area contributed by atoms with Crippen molar-refractivity contribution in [1.29, 1.82) is 0 Å². The zero-order valence-corrected chi connectivity index (χ0v) is 31.8.